The molecule has 0 heterocycles. The summed E-state index contributed by atoms with van der Waals surface area (Å²) in [5.41, 5.74) is -3.00. The molecule has 0 fully saturated rings. The Bertz CT molecular complexity index is 723. The van der Waals surface area contributed by atoms with Gasteiger partial charge in [-0.3, -0.25) is 30.3 Å². The maximum atomic E-state index is 10.4. The van der Waals surface area contributed by atoms with Crippen molar-refractivity contribution in [3.05, 3.63) is 42.5 Å². The third-order valence-electron chi connectivity index (χ3n) is 3.80. The molecule has 1 aromatic carbocycles. The van der Waals surface area contributed by atoms with Crippen LogP contribution in [0.25, 0.3) is 0 Å². The molecule has 1 N–H and O–H groups in total. The van der Waals surface area contributed by atoms with Crippen LogP contribution >= 0.6 is 25.2 Å². The largest absolute Gasteiger partial charge is 0.497 e. The molecule has 0 atom stereocenters. The zero-order valence-corrected chi connectivity index (χ0v) is 22.3. The van der Waals surface area contributed by atoms with Crippen LogP contribution in [0, 0.1) is 30.3 Å². The predicted octanol–water partition coefficient (Wildman–Crippen LogP) is 5.28. The van der Waals surface area contributed by atoms with Crippen LogP contribution in [0.3, 0.4) is 0 Å². The van der Waals surface area contributed by atoms with Crippen molar-refractivity contribution >= 4 is 55.1 Å². The van der Waals surface area contributed by atoms with Gasteiger partial charge in [-0.15, -0.1) is 0 Å². The molecule has 0 saturated heterocycles. The Balaban J connectivity index is 0.000000555. The van der Waals surface area contributed by atoms with Crippen molar-refractivity contribution in [1.82, 2.24) is 4.90 Å². The Morgan fingerprint density at radius 1 is 0.966 bits per heavy atom. The summed E-state index contributed by atoms with van der Waals surface area (Å²) in [5, 5.41) is 40.2. The zero-order valence-electron chi connectivity index (χ0n) is 16.6. The van der Waals surface area contributed by atoms with Crippen molar-refractivity contribution in [3.63, 3.8) is 0 Å². The van der Waals surface area contributed by atoms with Crippen molar-refractivity contribution in [1.29, 1.82) is 0 Å². The monoisotopic (exact) mass is 652 g/mol. The third kappa shape index (κ3) is 11.1. The van der Waals surface area contributed by atoms with Crippen LogP contribution in [-0.4, -0.2) is 57.3 Å². The van der Waals surface area contributed by atoms with Gasteiger partial charge in [-0.05, 0) is 0 Å². The number of nitro benzene ring substituents is 3. The van der Waals surface area contributed by atoms with Crippen molar-refractivity contribution in [2.24, 2.45) is 0 Å². The van der Waals surface area contributed by atoms with Crippen LogP contribution < -0.4 is 0 Å². The smallest absolute Gasteiger partial charge is 0.324 e. The van der Waals surface area contributed by atoms with Gasteiger partial charge >= 0.3 is 108 Å². The standard InChI is InChI=1S/C7H16N.C6H3N3O7.2CH3.2BrH.Sb/c1-4-7-8(5-2)6-3;10-6-4(8(13)14)1-3(7(11)12)2-5(6)9(15)16;;;;;/h1,4-7H2,2-3H3;1-2,10H;2*1H3;2*1H;/q;;;;;;+2/p-2. The summed E-state index contributed by atoms with van der Waals surface area (Å²) in [4.78, 5) is 35.0. The zero-order chi connectivity index (χ0) is 23.0. The minimum atomic E-state index is -2.33. The van der Waals surface area contributed by atoms with Gasteiger partial charge in [0.1, 0.15) is 0 Å². The van der Waals surface area contributed by atoms with Gasteiger partial charge in [0.15, 0.2) is 0 Å². The van der Waals surface area contributed by atoms with Crippen molar-refractivity contribution in [2.75, 3.05) is 19.6 Å². The molecule has 1 rings (SSSR count). The molecule has 0 spiro atoms. The van der Waals surface area contributed by atoms with Crippen LogP contribution in [0.4, 0.5) is 17.1 Å². The number of nitrogens with zero attached hydrogens (tertiary/aromatic N) is 4. The van der Waals surface area contributed by atoms with E-state index in [0.29, 0.717) is 12.1 Å². The molecule has 14 heteroatoms. The molecule has 0 unspecified atom stereocenters. The van der Waals surface area contributed by atoms with Crippen molar-refractivity contribution in [3.8, 4) is 5.75 Å². The molecule has 0 amide bonds. The second kappa shape index (κ2) is 11.4. The van der Waals surface area contributed by atoms with E-state index >= 15 is 0 Å². The summed E-state index contributed by atoms with van der Waals surface area (Å²) in [6, 6.07) is 0.894. The molecular weight excluding hydrogens is 630 g/mol. The average molecular weight is 655 g/mol. The predicted molar refractivity (Wildman–Crippen MR) is 121 cm³/mol. The van der Waals surface area contributed by atoms with E-state index in [9.17, 15) is 30.3 Å². The number of nitro groups is 3. The minimum absolute atomic E-state index is 0.447. The van der Waals surface area contributed by atoms with Gasteiger partial charge < -0.3 is 5.11 Å². The Morgan fingerprint density at radius 2 is 1.38 bits per heavy atom. The van der Waals surface area contributed by atoms with E-state index in [1.165, 1.54) is 30.4 Å². The number of aromatic hydroxyl groups is 1. The van der Waals surface area contributed by atoms with Crippen molar-refractivity contribution < 1.29 is 19.9 Å². The van der Waals surface area contributed by atoms with Crippen LogP contribution in [0.1, 0.15) is 20.3 Å². The van der Waals surface area contributed by atoms with Gasteiger partial charge in [0.2, 0.25) is 0 Å². The topological polar surface area (TPSA) is 153 Å². The Kier molecular flexibility index (Phi) is 11.0. The van der Waals surface area contributed by atoms with E-state index in [4.69, 9.17) is 5.11 Å². The van der Waals surface area contributed by atoms with Gasteiger partial charge in [-0.25, -0.2) is 0 Å². The number of halogens is 2. The first-order chi connectivity index (χ1) is 13.1. The number of rotatable bonds is 9. The number of phenolic OH excluding ortho intramolecular Hbond substituents is 1. The summed E-state index contributed by atoms with van der Waals surface area (Å²) in [6.07, 6.45) is 1.31. The summed E-state index contributed by atoms with van der Waals surface area (Å²) in [7, 11) is 0. The molecule has 0 aromatic heterocycles. The van der Waals surface area contributed by atoms with Crippen LogP contribution in [-0.2, 0) is 0 Å². The van der Waals surface area contributed by atoms with Crippen molar-refractivity contribution in [2.45, 2.75) is 34.4 Å². The summed E-state index contributed by atoms with van der Waals surface area (Å²) >= 11 is 5.42. The fraction of sp³-hybridized carbons (Fsp3) is 0.600. The molecule has 0 bridgehead atoms. The van der Waals surface area contributed by atoms with E-state index in [-0.39, 0.29) is 0 Å². The van der Waals surface area contributed by atoms with E-state index in [1.807, 2.05) is 0 Å². The van der Waals surface area contributed by atoms with E-state index < -0.39 is 50.5 Å². The third-order valence-corrected chi connectivity index (χ3v) is 13.0. The molecule has 0 aliphatic rings. The van der Waals surface area contributed by atoms with Crippen LogP contribution in [0.2, 0.25) is 14.1 Å². The molecule has 0 aliphatic carbocycles. The second-order valence-corrected chi connectivity index (χ2v) is 56.7. The number of benzene rings is 1. The van der Waals surface area contributed by atoms with Crippen LogP contribution in [0.5, 0.6) is 5.75 Å². The normalized spacial score (nSPS) is 12.4. The molecule has 11 nitrogen and oxygen atoms in total. The summed E-state index contributed by atoms with van der Waals surface area (Å²) < 4.78 is 1.34. The fourth-order valence-corrected chi connectivity index (χ4v) is 8.50. The number of hydrogen-bond acceptors (Lipinski definition) is 8. The summed E-state index contributed by atoms with van der Waals surface area (Å²) in [5.74, 6) is -1.21. The van der Waals surface area contributed by atoms with Gasteiger partial charge in [0.05, 0.1) is 26.9 Å². The van der Waals surface area contributed by atoms with Gasteiger partial charge in [0, 0.05) is 0 Å². The number of hydrogen-bond donors (Lipinski definition) is 1. The van der Waals surface area contributed by atoms with Crippen LogP contribution in [0.15, 0.2) is 12.1 Å². The number of phenols is 1. The molecule has 166 valence electrons. The number of non-ortho nitro benzene ring substituents is 1. The quantitative estimate of drug-likeness (QED) is 0.214. The summed E-state index contributed by atoms with van der Waals surface area (Å²) in [6.45, 7) is 8.06. The average Bonchev–Trinajstić information content (AvgIpc) is 2.57. The molecule has 0 saturated carbocycles. The Labute approximate surface area is 181 Å². The molecule has 1 aromatic rings. The maximum absolute atomic E-state index is 10.4. The SMILES string of the molecule is CCN(CC)CC[CH2][Sb]([CH3])([CH3])([Br])[Br].O=[N+]([O-])c1cc([N+](=O)[O-])c(O)c([N+](=O)[O-])c1. The molecule has 0 radical (unpaired) electrons. The van der Waals surface area contributed by atoms with E-state index in [2.05, 4.69) is 53.7 Å². The first kappa shape index (κ1) is 28.0. The first-order valence-corrected chi connectivity index (χ1v) is 26.9. The molecular formula is C15H25Br2N4O7Sb. The second-order valence-electron chi connectivity index (χ2n) is 6.77. The van der Waals surface area contributed by atoms with Gasteiger partial charge in [-0.2, -0.15) is 0 Å². The minimum Gasteiger partial charge on any atom is -0.497 e. The molecule has 29 heavy (non-hydrogen) atoms. The first-order valence-electron chi connectivity index (χ1n) is 8.56. The maximum Gasteiger partial charge on any atom is 0.324 e. The van der Waals surface area contributed by atoms with Gasteiger partial charge in [0.25, 0.3) is 11.4 Å². The Hall–Kier alpha value is -1.04. The Morgan fingerprint density at radius 3 is 1.66 bits per heavy atom. The van der Waals surface area contributed by atoms with E-state index in [0.717, 1.165) is 0 Å². The van der Waals surface area contributed by atoms with E-state index in [1.54, 1.807) is 0 Å². The van der Waals surface area contributed by atoms with Gasteiger partial charge in [-0.1, -0.05) is 0 Å². The molecule has 0 aliphatic heterocycles. The fourth-order valence-electron chi connectivity index (χ4n) is 2.24.